The predicted octanol–water partition coefficient (Wildman–Crippen LogP) is 3.12. The van der Waals surface area contributed by atoms with Crippen molar-refractivity contribution < 1.29 is 4.74 Å². The molecule has 0 fully saturated rings. The van der Waals surface area contributed by atoms with E-state index in [0.29, 0.717) is 12.5 Å². The Balaban J connectivity index is 0.00000243. The van der Waals surface area contributed by atoms with E-state index in [4.69, 9.17) is 10.5 Å². The van der Waals surface area contributed by atoms with Crippen molar-refractivity contribution in [2.45, 2.75) is 26.1 Å². The summed E-state index contributed by atoms with van der Waals surface area (Å²) in [6, 6.07) is 16.5. The largest absolute Gasteiger partial charge is 0.496 e. The Kier molecular flexibility index (Phi) is 8.18. The zero-order chi connectivity index (χ0) is 17.5. The molecule has 1 aliphatic rings. The van der Waals surface area contributed by atoms with E-state index in [0.717, 1.165) is 43.9 Å². The number of fused-ring (bicyclic) bond motifs is 1. The molecule has 2 aromatic carbocycles. The summed E-state index contributed by atoms with van der Waals surface area (Å²) in [6.45, 7) is 4.50. The maximum atomic E-state index is 5.96. The molecular formula is C20H27IN4O. The Morgan fingerprint density at radius 2 is 1.77 bits per heavy atom. The summed E-state index contributed by atoms with van der Waals surface area (Å²) in [7, 11) is 1.67. The average molecular weight is 466 g/mol. The number of benzene rings is 2. The number of rotatable bonds is 7. The van der Waals surface area contributed by atoms with Crippen LogP contribution in [0, 0.1) is 0 Å². The van der Waals surface area contributed by atoms with Crippen molar-refractivity contribution in [3.8, 4) is 5.75 Å². The molecule has 1 heterocycles. The Hall–Kier alpha value is -1.80. The van der Waals surface area contributed by atoms with Gasteiger partial charge < -0.3 is 15.8 Å². The summed E-state index contributed by atoms with van der Waals surface area (Å²) in [4.78, 5) is 6.86. The first-order valence-electron chi connectivity index (χ1n) is 8.71. The number of hydrogen-bond donors (Lipinski definition) is 2. The van der Waals surface area contributed by atoms with Gasteiger partial charge in [0, 0.05) is 31.7 Å². The van der Waals surface area contributed by atoms with Gasteiger partial charge in [0.1, 0.15) is 5.75 Å². The number of para-hydroxylation sites is 1. The topological polar surface area (TPSA) is 62.9 Å². The van der Waals surface area contributed by atoms with Gasteiger partial charge in [-0.2, -0.15) is 0 Å². The van der Waals surface area contributed by atoms with Crippen LogP contribution in [-0.2, 0) is 19.6 Å². The van der Waals surface area contributed by atoms with E-state index in [1.807, 2.05) is 24.3 Å². The van der Waals surface area contributed by atoms with Gasteiger partial charge in [0.2, 0.25) is 0 Å². The van der Waals surface area contributed by atoms with E-state index < -0.39 is 0 Å². The van der Waals surface area contributed by atoms with Crippen LogP contribution in [0.5, 0.6) is 5.75 Å². The summed E-state index contributed by atoms with van der Waals surface area (Å²) >= 11 is 0. The molecule has 5 nitrogen and oxygen atoms in total. The predicted molar refractivity (Wildman–Crippen MR) is 117 cm³/mol. The molecule has 0 aromatic heterocycles. The number of aliphatic imine (C=N–C) groups is 1. The lowest BCUT2D eigenvalue weighted by Crippen LogP contribution is -2.33. The third kappa shape index (κ3) is 5.60. The smallest absolute Gasteiger partial charge is 0.188 e. The van der Waals surface area contributed by atoms with Crippen molar-refractivity contribution in [1.82, 2.24) is 10.2 Å². The summed E-state index contributed by atoms with van der Waals surface area (Å²) in [5.41, 5.74) is 9.90. The molecule has 2 aromatic rings. The number of nitrogens with zero attached hydrogens (tertiary/aromatic N) is 2. The Morgan fingerprint density at radius 3 is 2.46 bits per heavy atom. The van der Waals surface area contributed by atoms with Gasteiger partial charge in [-0.25, -0.2) is 4.99 Å². The fourth-order valence-corrected chi connectivity index (χ4v) is 3.14. The minimum absolute atomic E-state index is 0. The Morgan fingerprint density at radius 1 is 1.12 bits per heavy atom. The third-order valence-corrected chi connectivity index (χ3v) is 4.48. The van der Waals surface area contributed by atoms with Crippen molar-refractivity contribution in [2.24, 2.45) is 10.7 Å². The van der Waals surface area contributed by atoms with Gasteiger partial charge in [-0.1, -0.05) is 42.5 Å². The molecule has 0 atom stereocenters. The second kappa shape index (κ2) is 10.4. The van der Waals surface area contributed by atoms with Crippen molar-refractivity contribution in [3.63, 3.8) is 0 Å². The van der Waals surface area contributed by atoms with Crippen molar-refractivity contribution in [2.75, 3.05) is 20.2 Å². The van der Waals surface area contributed by atoms with Gasteiger partial charge in [0.15, 0.2) is 5.96 Å². The molecule has 0 unspecified atom stereocenters. The maximum Gasteiger partial charge on any atom is 0.188 e. The quantitative estimate of drug-likeness (QED) is 0.285. The summed E-state index contributed by atoms with van der Waals surface area (Å²) in [5.74, 6) is 1.32. The summed E-state index contributed by atoms with van der Waals surface area (Å²) in [6.07, 6.45) is 1.04. The third-order valence-electron chi connectivity index (χ3n) is 4.48. The number of halogens is 1. The minimum Gasteiger partial charge on any atom is -0.496 e. The highest BCUT2D eigenvalue weighted by molar-refractivity contribution is 14.0. The lowest BCUT2D eigenvalue weighted by molar-refractivity contribution is 0.281. The molecule has 0 spiro atoms. The SMILES string of the molecule is COc1ccccc1CN=C(N)NCCCN1Cc2ccccc2C1.I. The standard InChI is InChI=1S/C20H26N4O.HI/c1-25-19-10-5-4-7-16(19)13-23-20(21)22-11-6-12-24-14-17-8-2-3-9-18(17)15-24;/h2-5,7-10H,6,11-15H2,1H3,(H3,21,22,23);1H. The first-order valence-corrected chi connectivity index (χ1v) is 8.71. The van der Waals surface area contributed by atoms with Gasteiger partial charge in [0.25, 0.3) is 0 Å². The number of guanidine groups is 1. The zero-order valence-electron chi connectivity index (χ0n) is 15.1. The van der Waals surface area contributed by atoms with E-state index in [-0.39, 0.29) is 24.0 Å². The number of nitrogens with two attached hydrogens (primary N) is 1. The number of methoxy groups -OCH3 is 1. The van der Waals surface area contributed by atoms with Crippen LogP contribution in [0.4, 0.5) is 0 Å². The molecule has 0 saturated heterocycles. The van der Waals surface area contributed by atoms with Crippen LogP contribution in [0.2, 0.25) is 0 Å². The lowest BCUT2D eigenvalue weighted by Gasteiger charge is -2.15. The Labute approximate surface area is 172 Å². The normalized spacial score (nSPS) is 13.8. The van der Waals surface area contributed by atoms with Crippen molar-refractivity contribution in [3.05, 3.63) is 65.2 Å². The van der Waals surface area contributed by atoms with Crippen LogP contribution in [0.15, 0.2) is 53.5 Å². The van der Waals surface area contributed by atoms with Crippen LogP contribution >= 0.6 is 24.0 Å². The Bertz CT molecular complexity index is 710. The summed E-state index contributed by atoms with van der Waals surface area (Å²) in [5, 5.41) is 3.20. The molecule has 6 heteroatoms. The van der Waals surface area contributed by atoms with Gasteiger partial charge in [-0.15, -0.1) is 24.0 Å². The van der Waals surface area contributed by atoms with Crippen molar-refractivity contribution in [1.29, 1.82) is 0 Å². The molecule has 0 bridgehead atoms. The van der Waals surface area contributed by atoms with Gasteiger partial charge in [0.05, 0.1) is 13.7 Å². The van der Waals surface area contributed by atoms with Crippen LogP contribution in [0.3, 0.4) is 0 Å². The molecule has 0 saturated carbocycles. The van der Waals surface area contributed by atoms with E-state index in [1.54, 1.807) is 7.11 Å². The molecule has 0 amide bonds. The van der Waals surface area contributed by atoms with E-state index in [9.17, 15) is 0 Å². The molecule has 1 aliphatic heterocycles. The molecule has 140 valence electrons. The van der Waals surface area contributed by atoms with E-state index in [2.05, 4.69) is 39.5 Å². The highest BCUT2D eigenvalue weighted by Crippen LogP contribution is 2.21. The molecular weight excluding hydrogens is 439 g/mol. The second-order valence-corrected chi connectivity index (χ2v) is 6.27. The molecule has 3 rings (SSSR count). The molecule has 0 aliphatic carbocycles. The first-order chi connectivity index (χ1) is 12.3. The number of nitrogens with one attached hydrogen (secondary N) is 1. The highest BCUT2D eigenvalue weighted by Gasteiger charge is 2.17. The minimum atomic E-state index is 0. The van der Waals surface area contributed by atoms with E-state index >= 15 is 0 Å². The summed E-state index contributed by atoms with van der Waals surface area (Å²) < 4.78 is 5.32. The first kappa shape index (κ1) is 20.5. The lowest BCUT2D eigenvalue weighted by atomic mass is 10.1. The molecule has 26 heavy (non-hydrogen) atoms. The molecule has 0 radical (unpaired) electrons. The van der Waals surface area contributed by atoms with Crippen LogP contribution in [0.1, 0.15) is 23.1 Å². The second-order valence-electron chi connectivity index (χ2n) is 6.27. The van der Waals surface area contributed by atoms with Crippen LogP contribution < -0.4 is 15.8 Å². The number of ether oxygens (including phenoxy) is 1. The van der Waals surface area contributed by atoms with Gasteiger partial charge >= 0.3 is 0 Å². The van der Waals surface area contributed by atoms with Gasteiger partial charge in [-0.3, -0.25) is 4.90 Å². The van der Waals surface area contributed by atoms with E-state index in [1.165, 1.54) is 11.1 Å². The maximum absolute atomic E-state index is 5.96. The fraction of sp³-hybridized carbons (Fsp3) is 0.350. The van der Waals surface area contributed by atoms with Crippen LogP contribution in [-0.4, -0.2) is 31.1 Å². The number of hydrogen-bond acceptors (Lipinski definition) is 3. The molecule has 3 N–H and O–H groups in total. The van der Waals surface area contributed by atoms with Crippen LogP contribution in [0.25, 0.3) is 0 Å². The zero-order valence-corrected chi connectivity index (χ0v) is 17.5. The highest BCUT2D eigenvalue weighted by atomic mass is 127. The fourth-order valence-electron chi connectivity index (χ4n) is 3.14. The van der Waals surface area contributed by atoms with Gasteiger partial charge in [-0.05, 0) is 23.6 Å². The average Bonchev–Trinajstić information content (AvgIpc) is 3.06. The monoisotopic (exact) mass is 466 g/mol. The van der Waals surface area contributed by atoms with Crippen molar-refractivity contribution >= 4 is 29.9 Å².